The summed E-state index contributed by atoms with van der Waals surface area (Å²) in [6.07, 6.45) is 3.03. The van der Waals surface area contributed by atoms with Crippen molar-refractivity contribution in [2.24, 2.45) is 0 Å². The first kappa shape index (κ1) is 10.6. The highest BCUT2D eigenvalue weighted by Gasteiger charge is 2.08. The molecule has 0 radical (unpaired) electrons. The fourth-order valence-electron chi connectivity index (χ4n) is 2.02. The van der Waals surface area contributed by atoms with Crippen molar-refractivity contribution in [3.63, 3.8) is 0 Å². The van der Waals surface area contributed by atoms with Crippen LogP contribution in [0.2, 0.25) is 0 Å². The topological polar surface area (TPSA) is 70.9 Å². The molecule has 0 aliphatic carbocycles. The molecular formula is C13H11N3O2. The van der Waals surface area contributed by atoms with Crippen molar-refractivity contribution >= 4 is 11.0 Å². The Hall–Kier alpha value is -2.56. The summed E-state index contributed by atoms with van der Waals surface area (Å²) in [5.41, 5.74) is 2.89. The number of aromatic hydroxyl groups is 1. The Morgan fingerprint density at radius 1 is 1.39 bits per heavy atom. The number of fused-ring (bicyclic) bond motifs is 1. The summed E-state index contributed by atoms with van der Waals surface area (Å²) in [4.78, 5) is 18.6. The summed E-state index contributed by atoms with van der Waals surface area (Å²) >= 11 is 0. The maximum atomic E-state index is 11.4. The quantitative estimate of drug-likeness (QED) is 0.681. The number of aromatic amines is 1. The molecule has 0 saturated carbocycles. The number of nitrogens with zero attached hydrogens (tertiary/aromatic N) is 2. The second-order valence-corrected chi connectivity index (χ2v) is 4.11. The van der Waals surface area contributed by atoms with Crippen LogP contribution in [0, 0.1) is 6.92 Å². The molecule has 0 spiro atoms. The number of benzene rings is 1. The first-order valence-corrected chi connectivity index (χ1v) is 5.51. The predicted octanol–water partition coefficient (Wildman–Crippen LogP) is 1.73. The summed E-state index contributed by atoms with van der Waals surface area (Å²) in [5.74, 6) is -0.270. The van der Waals surface area contributed by atoms with E-state index in [1.165, 1.54) is 12.3 Å². The van der Waals surface area contributed by atoms with Gasteiger partial charge in [0.05, 0.1) is 23.7 Å². The van der Waals surface area contributed by atoms with Crippen LogP contribution in [0.3, 0.4) is 0 Å². The Morgan fingerprint density at radius 3 is 3.06 bits per heavy atom. The van der Waals surface area contributed by atoms with Gasteiger partial charge in [0.15, 0.2) is 5.75 Å². The van der Waals surface area contributed by atoms with Crippen LogP contribution in [0.15, 0.2) is 41.6 Å². The molecular weight excluding hydrogens is 230 g/mol. The molecule has 0 aliphatic heterocycles. The molecule has 0 fully saturated rings. The highest BCUT2D eigenvalue weighted by atomic mass is 16.3. The van der Waals surface area contributed by atoms with Crippen molar-refractivity contribution in [1.29, 1.82) is 0 Å². The van der Waals surface area contributed by atoms with Crippen LogP contribution >= 0.6 is 0 Å². The molecule has 18 heavy (non-hydrogen) atoms. The number of hydrogen-bond acceptors (Lipinski definition) is 3. The summed E-state index contributed by atoms with van der Waals surface area (Å²) in [6, 6.07) is 7.11. The SMILES string of the molecule is Cc1cc(=O)c(O)cn1-c1cccc2[nH]cnc12. The molecule has 3 rings (SSSR count). The van der Waals surface area contributed by atoms with Crippen LogP contribution in [-0.2, 0) is 0 Å². The third kappa shape index (κ3) is 1.48. The van der Waals surface area contributed by atoms with Gasteiger partial charge in [-0.25, -0.2) is 4.98 Å². The summed E-state index contributed by atoms with van der Waals surface area (Å²) in [6.45, 7) is 1.81. The van der Waals surface area contributed by atoms with Gasteiger partial charge in [0, 0.05) is 11.8 Å². The maximum absolute atomic E-state index is 11.4. The second-order valence-electron chi connectivity index (χ2n) is 4.11. The monoisotopic (exact) mass is 241 g/mol. The van der Waals surface area contributed by atoms with E-state index in [-0.39, 0.29) is 11.2 Å². The smallest absolute Gasteiger partial charge is 0.223 e. The zero-order valence-electron chi connectivity index (χ0n) is 9.71. The van der Waals surface area contributed by atoms with Crippen molar-refractivity contribution in [3.05, 3.63) is 52.7 Å². The standard InChI is InChI=1S/C13H11N3O2/c1-8-5-11(17)12(18)6-16(8)10-4-2-3-9-13(10)15-7-14-9/h2-7,18H,1H3,(H,14,15). The predicted molar refractivity (Wildman–Crippen MR) is 68.1 cm³/mol. The van der Waals surface area contributed by atoms with E-state index in [0.29, 0.717) is 0 Å². The van der Waals surface area contributed by atoms with Gasteiger partial charge in [-0.15, -0.1) is 0 Å². The Labute approximate surface area is 102 Å². The van der Waals surface area contributed by atoms with Crippen LogP contribution in [0.25, 0.3) is 16.7 Å². The van der Waals surface area contributed by atoms with Gasteiger partial charge in [-0.1, -0.05) is 6.07 Å². The number of imidazole rings is 1. The molecule has 0 aliphatic rings. The van der Waals surface area contributed by atoms with E-state index < -0.39 is 0 Å². The number of H-pyrrole nitrogens is 1. The number of para-hydroxylation sites is 1. The van der Waals surface area contributed by atoms with Crippen molar-refractivity contribution in [1.82, 2.24) is 14.5 Å². The highest BCUT2D eigenvalue weighted by Crippen LogP contribution is 2.21. The fraction of sp³-hybridized carbons (Fsp3) is 0.0769. The maximum Gasteiger partial charge on any atom is 0.223 e. The summed E-state index contributed by atoms with van der Waals surface area (Å²) in [7, 11) is 0. The molecule has 2 aromatic heterocycles. The molecule has 2 heterocycles. The van der Waals surface area contributed by atoms with Gasteiger partial charge in [0.25, 0.3) is 0 Å². The molecule has 2 N–H and O–H groups in total. The number of nitrogens with one attached hydrogen (secondary N) is 1. The normalized spacial score (nSPS) is 10.9. The van der Waals surface area contributed by atoms with E-state index in [1.54, 1.807) is 10.9 Å². The number of rotatable bonds is 1. The molecule has 3 aromatic rings. The minimum absolute atomic E-state index is 0.270. The Balaban J connectivity index is 2.36. The average Bonchev–Trinajstić information content (AvgIpc) is 2.82. The van der Waals surface area contributed by atoms with E-state index in [1.807, 2.05) is 25.1 Å². The first-order chi connectivity index (χ1) is 8.66. The highest BCUT2D eigenvalue weighted by molar-refractivity contribution is 5.83. The largest absolute Gasteiger partial charge is 0.503 e. The number of pyridine rings is 1. The molecule has 90 valence electrons. The van der Waals surface area contributed by atoms with Crippen molar-refractivity contribution in [2.45, 2.75) is 6.92 Å². The van der Waals surface area contributed by atoms with Crippen LogP contribution in [0.4, 0.5) is 0 Å². The van der Waals surface area contributed by atoms with E-state index in [2.05, 4.69) is 9.97 Å². The third-order valence-electron chi connectivity index (χ3n) is 2.91. The minimum Gasteiger partial charge on any atom is -0.503 e. The van der Waals surface area contributed by atoms with Gasteiger partial charge in [0.2, 0.25) is 5.43 Å². The fourth-order valence-corrected chi connectivity index (χ4v) is 2.02. The van der Waals surface area contributed by atoms with Gasteiger partial charge in [-0.3, -0.25) is 4.79 Å². The zero-order chi connectivity index (χ0) is 12.7. The lowest BCUT2D eigenvalue weighted by atomic mass is 10.2. The number of aryl methyl sites for hydroxylation is 1. The molecule has 5 nitrogen and oxygen atoms in total. The average molecular weight is 241 g/mol. The zero-order valence-corrected chi connectivity index (χ0v) is 9.71. The van der Waals surface area contributed by atoms with Crippen LogP contribution in [-0.4, -0.2) is 19.6 Å². The van der Waals surface area contributed by atoms with Crippen molar-refractivity contribution < 1.29 is 5.11 Å². The number of hydrogen-bond donors (Lipinski definition) is 2. The Bertz CT molecular complexity index is 786. The van der Waals surface area contributed by atoms with E-state index >= 15 is 0 Å². The molecule has 0 unspecified atom stereocenters. The minimum atomic E-state index is -0.377. The van der Waals surface area contributed by atoms with Crippen LogP contribution in [0.1, 0.15) is 5.69 Å². The molecule has 0 amide bonds. The molecule has 0 bridgehead atoms. The third-order valence-corrected chi connectivity index (χ3v) is 2.91. The lowest BCUT2D eigenvalue weighted by Crippen LogP contribution is -2.08. The van der Waals surface area contributed by atoms with Gasteiger partial charge in [-0.05, 0) is 19.1 Å². The number of aromatic nitrogens is 3. The van der Waals surface area contributed by atoms with E-state index in [9.17, 15) is 9.90 Å². The molecule has 1 aromatic carbocycles. The lowest BCUT2D eigenvalue weighted by Gasteiger charge is -2.11. The summed E-state index contributed by atoms with van der Waals surface area (Å²) < 4.78 is 1.75. The molecule has 0 saturated heterocycles. The van der Waals surface area contributed by atoms with E-state index in [0.717, 1.165) is 22.4 Å². The second kappa shape index (κ2) is 3.73. The Morgan fingerprint density at radius 2 is 2.22 bits per heavy atom. The van der Waals surface area contributed by atoms with Gasteiger partial charge < -0.3 is 14.7 Å². The van der Waals surface area contributed by atoms with E-state index in [4.69, 9.17) is 0 Å². The van der Waals surface area contributed by atoms with Crippen molar-refractivity contribution in [2.75, 3.05) is 0 Å². The lowest BCUT2D eigenvalue weighted by molar-refractivity contribution is 0.465. The Kier molecular flexibility index (Phi) is 2.19. The first-order valence-electron chi connectivity index (χ1n) is 5.51. The van der Waals surface area contributed by atoms with Crippen LogP contribution < -0.4 is 5.43 Å². The summed E-state index contributed by atoms with van der Waals surface area (Å²) in [5, 5.41) is 9.55. The van der Waals surface area contributed by atoms with Crippen molar-refractivity contribution in [3.8, 4) is 11.4 Å². The van der Waals surface area contributed by atoms with Gasteiger partial charge in [0.1, 0.15) is 5.52 Å². The van der Waals surface area contributed by atoms with Gasteiger partial charge >= 0.3 is 0 Å². The van der Waals surface area contributed by atoms with Crippen LogP contribution in [0.5, 0.6) is 5.75 Å². The van der Waals surface area contributed by atoms with Gasteiger partial charge in [-0.2, -0.15) is 0 Å². The molecule has 0 atom stereocenters. The molecule has 5 heteroatoms.